The second-order valence-electron chi connectivity index (χ2n) is 6.72. The van der Waals surface area contributed by atoms with Crippen LogP contribution in [-0.2, 0) is 19.7 Å². The van der Waals surface area contributed by atoms with Gasteiger partial charge in [-0.05, 0) is 36.1 Å². The van der Waals surface area contributed by atoms with Crippen molar-refractivity contribution in [2.24, 2.45) is 0 Å². The molecule has 2 aromatic carbocycles. The van der Waals surface area contributed by atoms with E-state index in [2.05, 4.69) is 5.32 Å². The molecule has 1 fully saturated rings. The Bertz CT molecular complexity index is 803. The summed E-state index contributed by atoms with van der Waals surface area (Å²) >= 11 is 0. The van der Waals surface area contributed by atoms with E-state index in [-0.39, 0.29) is 12.5 Å². The van der Waals surface area contributed by atoms with E-state index in [1.165, 1.54) is 12.1 Å². The number of carbonyl (C=O) groups excluding carboxylic acids is 1. The first-order valence-corrected chi connectivity index (χ1v) is 8.93. The molecule has 1 atom stereocenters. The molecule has 0 spiro atoms. The number of hydrogen-bond donors (Lipinski definition) is 2. The summed E-state index contributed by atoms with van der Waals surface area (Å²) in [6.45, 7) is 0.756. The van der Waals surface area contributed by atoms with Gasteiger partial charge in [0.05, 0.1) is 11.3 Å². The zero-order valence-electron chi connectivity index (χ0n) is 14.9. The molecule has 1 saturated heterocycles. The fraction of sp³-hybridized carbons (Fsp3) is 0.333. The number of carbonyl (C=O) groups is 2. The van der Waals surface area contributed by atoms with Gasteiger partial charge in [-0.3, -0.25) is 9.59 Å². The summed E-state index contributed by atoms with van der Waals surface area (Å²) in [5.41, 5.74) is 0.298. The predicted molar refractivity (Wildman–Crippen MR) is 98.0 cm³/mol. The van der Waals surface area contributed by atoms with Gasteiger partial charge in [0, 0.05) is 19.8 Å². The van der Waals surface area contributed by atoms with Gasteiger partial charge in [0.2, 0.25) is 5.91 Å². The smallest absolute Gasteiger partial charge is 0.312 e. The van der Waals surface area contributed by atoms with Crippen LogP contribution in [0.2, 0.25) is 0 Å². The lowest BCUT2D eigenvalue weighted by Gasteiger charge is -2.36. The minimum absolute atomic E-state index is 0.0316. The first-order valence-electron chi connectivity index (χ1n) is 8.93. The highest BCUT2D eigenvalue weighted by atomic mass is 19.1. The molecule has 2 N–H and O–H groups in total. The van der Waals surface area contributed by atoms with Crippen LogP contribution in [0, 0.1) is 5.82 Å². The SMILES string of the molecule is O=C(O)C(CNC(=O)C1(c2cccc(F)c2)CCOCC1)c1ccccc1. The van der Waals surface area contributed by atoms with Gasteiger partial charge < -0.3 is 15.2 Å². The first-order chi connectivity index (χ1) is 13.0. The lowest BCUT2D eigenvalue weighted by molar-refractivity contribution is -0.139. The number of halogens is 1. The van der Waals surface area contributed by atoms with Crippen molar-refractivity contribution in [2.75, 3.05) is 19.8 Å². The van der Waals surface area contributed by atoms with Crippen LogP contribution in [0.15, 0.2) is 54.6 Å². The third-order valence-electron chi connectivity index (χ3n) is 5.12. The Hall–Kier alpha value is -2.73. The maximum Gasteiger partial charge on any atom is 0.312 e. The van der Waals surface area contributed by atoms with Crippen LogP contribution in [0.1, 0.15) is 29.9 Å². The number of carboxylic acid groups (broad SMARTS) is 1. The fourth-order valence-corrected chi connectivity index (χ4v) is 3.55. The summed E-state index contributed by atoms with van der Waals surface area (Å²) in [5, 5.41) is 12.3. The van der Waals surface area contributed by atoms with Gasteiger partial charge in [-0.2, -0.15) is 0 Å². The summed E-state index contributed by atoms with van der Waals surface area (Å²) in [6.07, 6.45) is 0.844. The molecule has 3 rings (SSSR count). The number of hydrogen-bond acceptors (Lipinski definition) is 3. The van der Waals surface area contributed by atoms with Crippen molar-refractivity contribution < 1.29 is 23.8 Å². The normalized spacial score (nSPS) is 17.1. The molecule has 6 heteroatoms. The number of nitrogens with one attached hydrogen (secondary N) is 1. The largest absolute Gasteiger partial charge is 0.481 e. The molecule has 27 heavy (non-hydrogen) atoms. The van der Waals surface area contributed by atoms with Gasteiger partial charge in [-0.25, -0.2) is 4.39 Å². The molecule has 0 saturated carbocycles. The minimum Gasteiger partial charge on any atom is -0.481 e. The number of aliphatic carboxylic acids is 1. The van der Waals surface area contributed by atoms with Crippen molar-refractivity contribution in [2.45, 2.75) is 24.2 Å². The second kappa shape index (κ2) is 8.31. The van der Waals surface area contributed by atoms with E-state index in [0.717, 1.165) is 0 Å². The van der Waals surface area contributed by atoms with E-state index in [1.54, 1.807) is 36.4 Å². The molecule has 0 aromatic heterocycles. The Morgan fingerprint density at radius 3 is 2.44 bits per heavy atom. The van der Waals surface area contributed by atoms with E-state index in [1.807, 2.05) is 6.07 Å². The fourth-order valence-electron chi connectivity index (χ4n) is 3.55. The molecule has 1 unspecified atom stereocenters. The van der Waals surface area contributed by atoms with Crippen LogP contribution in [0.3, 0.4) is 0 Å². The summed E-state index contributed by atoms with van der Waals surface area (Å²) < 4.78 is 19.1. The number of benzene rings is 2. The van der Waals surface area contributed by atoms with Crippen molar-refractivity contribution in [3.63, 3.8) is 0 Å². The minimum atomic E-state index is -1.01. The topological polar surface area (TPSA) is 75.6 Å². The summed E-state index contributed by atoms with van der Waals surface area (Å²) in [6, 6.07) is 14.8. The molecule has 142 valence electrons. The molecule has 1 aliphatic heterocycles. The summed E-state index contributed by atoms with van der Waals surface area (Å²) in [5.74, 6) is -2.55. The molecular weight excluding hydrogens is 349 g/mol. The van der Waals surface area contributed by atoms with E-state index in [4.69, 9.17) is 4.74 Å². The first kappa shape index (κ1) is 19.0. The Kier molecular flexibility index (Phi) is 5.86. The number of rotatable bonds is 6. The average molecular weight is 371 g/mol. The van der Waals surface area contributed by atoms with Crippen LogP contribution < -0.4 is 5.32 Å². The average Bonchev–Trinajstić information content (AvgIpc) is 2.69. The van der Waals surface area contributed by atoms with Gasteiger partial charge in [-0.1, -0.05) is 42.5 Å². The van der Waals surface area contributed by atoms with Crippen molar-refractivity contribution >= 4 is 11.9 Å². The summed E-state index contributed by atoms with van der Waals surface area (Å²) in [4.78, 5) is 24.8. The van der Waals surface area contributed by atoms with Crippen molar-refractivity contribution in [3.05, 3.63) is 71.5 Å². The maximum absolute atomic E-state index is 13.8. The number of carboxylic acids is 1. The van der Waals surface area contributed by atoms with Crippen LogP contribution in [0.25, 0.3) is 0 Å². The van der Waals surface area contributed by atoms with E-state index in [9.17, 15) is 19.1 Å². The molecule has 1 heterocycles. The standard InChI is InChI=1S/C21H22FNO4/c22-17-8-4-7-16(13-17)21(9-11-27-12-10-21)20(26)23-14-18(19(24)25)15-5-2-1-3-6-15/h1-8,13,18H,9-12,14H2,(H,23,26)(H,24,25). The highest BCUT2D eigenvalue weighted by Gasteiger charge is 2.42. The molecular formula is C21H22FNO4. The van der Waals surface area contributed by atoms with E-state index >= 15 is 0 Å². The molecule has 2 aromatic rings. The molecule has 0 bridgehead atoms. The van der Waals surface area contributed by atoms with Gasteiger partial charge >= 0.3 is 5.97 Å². The van der Waals surface area contributed by atoms with Crippen molar-refractivity contribution in [1.82, 2.24) is 5.32 Å². The molecule has 0 aliphatic carbocycles. The van der Waals surface area contributed by atoms with E-state index < -0.39 is 23.1 Å². The second-order valence-corrected chi connectivity index (χ2v) is 6.72. The van der Waals surface area contributed by atoms with Crippen molar-refractivity contribution in [3.8, 4) is 0 Å². The zero-order valence-corrected chi connectivity index (χ0v) is 14.9. The van der Waals surface area contributed by atoms with E-state index in [0.29, 0.717) is 37.2 Å². The third kappa shape index (κ3) is 4.17. The lowest BCUT2D eigenvalue weighted by Crippen LogP contribution is -2.49. The Morgan fingerprint density at radius 1 is 1.11 bits per heavy atom. The highest BCUT2D eigenvalue weighted by Crippen LogP contribution is 2.35. The number of amides is 1. The van der Waals surface area contributed by atoms with Crippen LogP contribution in [0.4, 0.5) is 4.39 Å². The monoisotopic (exact) mass is 371 g/mol. The van der Waals surface area contributed by atoms with Gasteiger partial charge in [-0.15, -0.1) is 0 Å². The van der Waals surface area contributed by atoms with Crippen molar-refractivity contribution in [1.29, 1.82) is 0 Å². The van der Waals surface area contributed by atoms with Gasteiger partial charge in [0.25, 0.3) is 0 Å². The Balaban J connectivity index is 1.81. The zero-order chi connectivity index (χ0) is 19.3. The molecule has 0 radical (unpaired) electrons. The molecule has 5 nitrogen and oxygen atoms in total. The maximum atomic E-state index is 13.8. The molecule has 1 aliphatic rings. The Labute approximate surface area is 157 Å². The van der Waals surface area contributed by atoms with Crippen LogP contribution in [-0.4, -0.2) is 36.7 Å². The lowest BCUT2D eigenvalue weighted by atomic mass is 9.73. The third-order valence-corrected chi connectivity index (χ3v) is 5.12. The summed E-state index contributed by atoms with van der Waals surface area (Å²) in [7, 11) is 0. The number of ether oxygens (including phenoxy) is 1. The predicted octanol–water partition coefficient (Wildman–Crippen LogP) is 2.86. The van der Waals surface area contributed by atoms with Crippen LogP contribution in [0.5, 0.6) is 0 Å². The van der Waals surface area contributed by atoms with Gasteiger partial charge in [0.1, 0.15) is 5.82 Å². The Morgan fingerprint density at radius 2 is 1.81 bits per heavy atom. The quantitative estimate of drug-likeness (QED) is 0.819. The molecule has 1 amide bonds. The van der Waals surface area contributed by atoms with Crippen LogP contribution >= 0.6 is 0 Å². The van der Waals surface area contributed by atoms with Gasteiger partial charge in [0.15, 0.2) is 0 Å². The highest BCUT2D eigenvalue weighted by molar-refractivity contribution is 5.89.